The number of anilines is 1. The Morgan fingerprint density at radius 1 is 1.44 bits per heavy atom. The molecule has 0 aromatic heterocycles. The molecule has 0 bridgehead atoms. The Morgan fingerprint density at radius 2 is 2.06 bits per heavy atom. The number of halogens is 1. The fraction of sp³-hybridized carbons (Fsp3) is 0.364. The maximum absolute atomic E-state index is 11.5. The number of carbonyl (C=O) groups excluding carboxylic acids is 1. The van der Waals surface area contributed by atoms with Gasteiger partial charge in [-0.25, -0.2) is 4.79 Å². The van der Waals surface area contributed by atoms with E-state index in [0.29, 0.717) is 12.1 Å². The Bertz CT molecular complexity index is 336. The topological polar surface area (TPSA) is 61.4 Å². The molecule has 1 rings (SSSR count). The molecule has 0 aliphatic carbocycles. The molecule has 5 heteroatoms. The molecular formula is C11H15BrN2O2. The summed E-state index contributed by atoms with van der Waals surface area (Å²) < 4.78 is 0.959. The van der Waals surface area contributed by atoms with Crippen molar-refractivity contribution >= 4 is 27.6 Å². The summed E-state index contributed by atoms with van der Waals surface area (Å²) in [5, 5.41) is 14.3. The van der Waals surface area contributed by atoms with Crippen molar-refractivity contribution in [2.45, 2.75) is 19.4 Å². The Kier molecular flexibility index (Phi) is 5.28. The van der Waals surface area contributed by atoms with Crippen LogP contribution in [-0.2, 0) is 0 Å². The van der Waals surface area contributed by atoms with E-state index < -0.39 is 0 Å². The van der Waals surface area contributed by atoms with Crippen LogP contribution >= 0.6 is 15.9 Å². The number of urea groups is 1. The second-order valence-electron chi connectivity index (χ2n) is 3.39. The molecule has 4 nitrogen and oxygen atoms in total. The van der Waals surface area contributed by atoms with E-state index in [1.807, 2.05) is 19.1 Å². The van der Waals surface area contributed by atoms with Gasteiger partial charge in [-0.05, 0) is 30.7 Å². The molecule has 3 N–H and O–H groups in total. The number of rotatable bonds is 4. The van der Waals surface area contributed by atoms with Crippen LogP contribution in [0.25, 0.3) is 0 Å². The zero-order valence-electron chi connectivity index (χ0n) is 9.03. The van der Waals surface area contributed by atoms with Crippen LogP contribution in [0.2, 0.25) is 0 Å². The van der Waals surface area contributed by atoms with E-state index in [0.717, 1.165) is 4.47 Å². The van der Waals surface area contributed by atoms with Crippen LogP contribution < -0.4 is 10.6 Å². The maximum Gasteiger partial charge on any atom is 0.319 e. The largest absolute Gasteiger partial charge is 0.394 e. The molecule has 1 unspecified atom stereocenters. The molecule has 88 valence electrons. The van der Waals surface area contributed by atoms with Crippen LogP contribution in [0.3, 0.4) is 0 Å². The number of benzene rings is 1. The number of nitrogens with one attached hydrogen (secondary N) is 2. The zero-order valence-corrected chi connectivity index (χ0v) is 10.6. The standard InChI is InChI=1S/C11H15BrN2O2/c1-2-9(7-15)13-11(16)14-10-5-3-8(12)4-6-10/h3-6,9,15H,2,7H2,1H3,(H2,13,14,16). The van der Waals surface area contributed by atoms with E-state index in [4.69, 9.17) is 5.11 Å². The van der Waals surface area contributed by atoms with Crippen molar-refractivity contribution in [2.24, 2.45) is 0 Å². The third-order valence-corrected chi connectivity index (χ3v) is 2.68. The highest BCUT2D eigenvalue weighted by Gasteiger charge is 2.08. The minimum atomic E-state index is -0.303. The normalized spacial score (nSPS) is 11.9. The molecule has 0 saturated carbocycles. The molecule has 0 saturated heterocycles. The van der Waals surface area contributed by atoms with Crippen molar-refractivity contribution in [3.63, 3.8) is 0 Å². The molecule has 0 fully saturated rings. The van der Waals surface area contributed by atoms with Crippen LogP contribution in [0.1, 0.15) is 13.3 Å². The monoisotopic (exact) mass is 286 g/mol. The first-order chi connectivity index (χ1) is 7.65. The van der Waals surface area contributed by atoms with Gasteiger partial charge < -0.3 is 15.7 Å². The highest BCUT2D eigenvalue weighted by molar-refractivity contribution is 9.10. The van der Waals surface area contributed by atoms with Crippen molar-refractivity contribution in [2.75, 3.05) is 11.9 Å². The predicted molar refractivity (Wildman–Crippen MR) is 67.5 cm³/mol. The maximum atomic E-state index is 11.5. The first-order valence-corrected chi connectivity index (χ1v) is 5.89. The van der Waals surface area contributed by atoms with Gasteiger partial charge in [0.2, 0.25) is 0 Å². The lowest BCUT2D eigenvalue weighted by atomic mass is 10.2. The number of carbonyl (C=O) groups is 1. The zero-order chi connectivity index (χ0) is 12.0. The molecule has 1 atom stereocenters. The molecule has 0 aliphatic heterocycles. The third kappa shape index (κ3) is 4.20. The Balaban J connectivity index is 2.48. The van der Waals surface area contributed by atoms with Gasteiger partial charge in [0.15, 0.2) is 0 Å². The Labute approximate surface area is 103 Å². The minimum Gasteiger partial charge on any atom is -0.394 e. The molecule has 16 heavy (non-hydrogen) atoms. The third-order valence-electron chi connectivity index (χ3n) is 2.15. The number of aliphatic hydroxyl groups is 1. The van der Waals surface area contributed by atoms with Gasteiger partial charge in [0.25, 0.3) is 0 Å². The van der Waals surface area contributed by atoms with Crippen molar-refractivity contribution in [3.05, 3.63) is 28.7 Å². The molecule has 0 aliphatic rings. The summed E-state index contributed by atoms with van der Waals surface area (Å²) in [6, 6.07) is 6.78. The number of aliphatic hydroxyl groups excluding tert-OH is 1. The Morgan fingerprint density at radius 3 is 2.56 bits per heavy atom. The quantitative estimate of drug-likeness (QED) is 0.796. The second-order valence-corrected chi connectivity index (χ2v) is 4.31. The van der Waals surface area contributed by atoms with E-state index in [2.05, 4.69) is 26.6 Å². The molecule has 0 radical (unpaired) electrons. The first kappa shape index (κ1) is 13.0. The fourth-order valence-electron chi connectivity index (χ4n) is 1.16. The summed E-state index contributed by atoms with van der Waals surface area (Å²) in [5.74, 6) is 0. The smallest absolute Gasteiger partial charge is 0.319 e. The second kappa shape index (κ2) is 6.50. The van der Waals surface area contributed by atoms with Gasteiger partial charge in [-0.2, -0.15) is 0 Å². The van der Waals surface area contributed by atoms with Crippen molar-refractivity contribution < 1.29 is 9.90 Å². The van der Waals surface area contributed by atoms with Gasteiger partial charge >= 0.3 is 6.03 Å². The first-order valence-electron chi connectivity index (χ1n) is 5.09. The van der Waals surface area contributed by atoms with Gasteiger partial charge in [0.1, 0.15) is 0 Å². The summed E-state index contributed by atoms with van der Waals surface area (Å²) >= 11 is 3.31. The average Bonchev–Trinajstić information content (AvgIpc) is 2.29. The van der Waals surface area contributed by atoms with Gasteiger partial charge in [-0.15, -0.1) is 0 Å². The van der Waals surface area contributed by atoms with Gasteiger partial charge in [0.05, 0.1) is 12.6 Å². The molecular weight excluding hydrogens is 272 g/mol. The van der Waals surface area contributed by atoms with Crippen LogP contribution in [0.4, 0.5) is 10.5 Å². The SMILES string of the molecule is CCC(CO)NC(=O)Nc1ccc(Br)cc1. The van der Waals surface area contributed by atoms with E-state index in [9.17, 15) is 4.79 Å². The molecule has 1 aromatic rings. The van der Waals surface area contributed by atoms with E-state index >= 15 is 0 Å². The van der Waals surface area contributed by atoms with E-state index in [1.165, 1.54) is 0 Å². The van der Waals surface area contributed by atoms with Crippen LogP contribution in [0, 0.1) is 0 Å². The van der Waals surface area contributed by atoms with Gasteiger partial charge in [-0.1, -0.05) is 22.9 Å². The summed E-state index contributed by atoms with van der Waals surface area (Å²) in [5.41, 5.74) is 0.716. The summed E-state index contributed by atoms with van der Waals surface area (Å²) in [4.78, 5) is 11.5. The van der Waals surface area contributed by atoms with Gasteiger partial charge in [-0.3, -0.25) is 0 Å². The summed E-state index contributed by atoms with van der Waals surface area (Å²) in [6.07, 6.45) is 0.699. The van der Waals surface area contributed by atoms with E-state index in [-0.39, 0.29) is 18.7 Å². The number of hydrogen-bond acceptors (Lipinski definition) is 2. The lowest BCUT2D eigenvalue weighted by Crippen LogP contribution is -2.39. The van der Waals surface area contributed by atoms with Crippen molar-refractivity contribution in [1.29, 1.82) is 0 Å². The molecule has 0 spiro atoms. The summed E-state index contributed by atoms with van der Waals surface area (Å²) in [6.45, 7) is 1.85. The minimum absolute atomic E-state index is 0.0513. The van der Waals surface area contributed by atoms with Crippen LogP contribution in [0.15, 0.2) is 28.7 Å². The van der Waals surface area contributed by atoms with Gasteiger partial charge in [0, 0.05) is 10.2 Å². The Hall–Kier alpha value is -1.07. The summed E-state index contributed by atoms with van der Waals surface area (Å²) in [7, 11) is 0. The average molecular weight is 287 g/mol. The van der Waals surface area contributed by atoms with Crippen LogP contribution in [0.5, 0.6) is 0 Å². The lowest BCUT2D eigenvalue weighted by Gasteiger charge is -2.14. The predicted octanol–water partition coefficient (Wildman–Crippen LogP) is 2.34. The van der Waals surface area contributed by atoms with E-state index in [1.54, 1.807) is 12.1 Å². The van der Waals surface area contributed by atoms with Crippen LogP contribution in [-0.4, -0.2) is 23.8 Å². The van der Waals surface area contributed by atoms with Crippen molar-refractivity contribution in [1.82, 2.24) is 5.32 Å². The highest BCUT2D eigenvalue weighted by atomic mass is 79.9. The molecule has 2 amide bonds. The number of amides is 2. The molecule has 1 aromatic carbocycles. The highest BCUT2D eigenvalue weighted by Crippen LogP contribution is 2.13. The fourth-order valence-corrected chi connectivity index (χ4v) is 1.43. The number of hydrogen-bond donors (Lipinski definition) is 3. The lowest BCUT2D eigenvalue weighted by molar-refractivity contribution is 0.222. The van der Waals surface area contributed by atoms with Crippen molar-refractivity contribution in [3.8, 4) is 0 Å². The molecule has 0 heterocycles.